The van der Waals surface area contributed by atoms with E-state index in [4.69, 9.17) is 14.7 Å². The van der Waals surface area contributed by atoms with Crippen molar-refractivity contribution in [2.75, 3.05) is 26.3 Å². The van der Waals surface area contributed by atoms with Crippen LogP contribution in [0.15, 0.2) is 60.7 Å². The Balaban J connectivity index is 1.72. The number of aromatic nitrogens is 3. The molecule has 1 aliphatic rings. The Morgan fingerprint density at radius 3 is 2.41 bits per heavy atom. The fourth-order valence-corrected chi connectivity index (χ4v) is 4.14. The number of carbonyl (C=O) groups excluding carboxylic acids is 1. The standard InChI is InChI=1S/C23H18N4O2/c28-23(26-9-11-29-12-10-26)17-14-16-13-15-5-1-2-6-18(15)24-21(16)27-20-8-4-3-7-19(20)25-22(17)27/h1-8,13-14H,9-12H2. The molecule has 6 nitrogen and oxygen atoms in total. The zero-order valence-electron chi connectivity index (χ0n) is 15.7. The molecule has 0 aliphatic carbocycles. The molecule has 0 saturated carbocycles. The molecule has 0 bridgehead atoms. The number of fused-ring (bicyclic) bond motifs is 6. The largest absolute Gasteiger partial charge is 0.378 e. The van der Waals surface area contributed by atoms with E-state index in [2.05, 4.69) is 6.07 Å². The number of pyridine rings is 2. The third-order valence-electron chi connectivity index (χ3n) is 5.57. The molecule has 29 heavy (non-hydrogen) atoms. The Kier molecular flexibility index (Phi) is 3.55. The van der Waals surface area contributed by atoms with E-state index in [1.165, 1.54) is 0 Å². The van der Waals surface area contributed by atoms with E-state index in [1.807, 2.05) is 63.9 Å². The van der Waals surface area contributed by atoms with E-state index >= 15 is 0 Å². The molecule has 142 valence electrons. The molecular weight excluding hydrogens is 364 g/mol. The predicted octanol–water partition coefficient (Wildman–Crippen LogP) is 3.66. The van der Waals surface area contributed by atoms with Crippen molar-refractivity contribution < 1.29 is 9.53 Å². The van der Waals surface area contributed by atoms with Gasteiger partial charge in [-0.3, -0.25) is 9.20 Å². The number of hydrogen-bond donors (Lipinski definition) is 0. The summed E-state index contributed by atoms with van der Waals surface area (Å²) in [5.74, 6) is -0.0105. The Hall–Kier alpha value is -3.51. The molecule has 5 aromatic rings. The van der Waals surface area contributed by atoms with Gasteiger partial charge in [-0.05, 0) is 30.3 Å². The number of carbonyl (C=O) groups is 1. The highest BCUT2D eigenvalue weighted by Crippen LogP contribution is 2.28. The van der Waals surface area contributed by atoms with Crippen LogP contribution in [0.1, 0.15) is 10.4 Å². The van der Waals surface area contributed by atoms with Crippen LogP contribution < -0.4 is 0 Å². The second-order valence-corrected chi connectivity index (χ2v) is 7.32. The molecule has 4 heterocycles. The third kappa shape index (κ3) is 2.49. The van der Waals surface area contributed by atoms with Crippen molar-refractivity contribution in [3.05, 3.63) is 66.2 Å². The molecule has 0 radical (unpaired) electrons. The van der Waals surface area contributed by atoms with Gasteiger partial charge < -0.3 is 9.64 Å². The highest BCUT2D eigenvalue weighted by atomic mass is 16.5. The number of hydrogen-bond acceptors (Lipinski definition) is 4. The molecule has 6 rings (SSSR count). The second kappa shape index (κ2) is 6.25. The number of para-hydroxylation sites is 3. The zero-order valence-corrected chi connectivity index (χ0v) is 15.7. The molecule has 6 heteroatoms. The first-order valence-corrected chi connectivity index (χ1v) is 9.76. The van der Waals surface area contributed by atoms with Crippen LogP contribution in [0.2, 0.25) is 0 Å². The number of amides is 1. The summed E-state index contributed by atoms with van der Waals surface area (Å²) in [6.45, 7) is 2.33. The van der Waals surface area contributed by atoms with Gasteiger partial charge in [0, 0.05) is 23.9 Å². The fourth-order valence-electron chi connectivity index (χ4n) is 4.14. The smallest absolute Gasteiger partial charge is 0.257 e. The van der Waals surface area contributed by atoms with Crippen molar-refractivity contribution in [3.63, 3.8) is 0 Å². The third-order valence-corrected chi connectivity index (χ3v) is 5.57. The van der Waals surface area contributed by atoms with Gasteiger partial charge >= 0.3 is 0 Å². The molecular formula is C23H18N4O2. The van der Waals surface area contributed by atoms with Gasteiger partial charge in [-0.25, -0.2) is 9.97 Å². The lowest BCUT2D eigenvalue weighted by Gasteiger charge is -2.27. The van der Waals surface area contributed by atoms with Gasteiger partial charge in [-0.1, -0.05) is 30.3 Å². The van der Waals surface area contributed by atoms with Crippen molar-refractivity contribution in [1.29, 1.82) is 0 Å². The minimum atomic E-state index is -0.0105. The van der Waals surface area contributed by atoms with Gasteiger partial charge in [-0.2, -0.15) is 0 Å². The molecule has 0 spiro atoms. The maximum absolute atomic E-state index is 13.4. The average Bonchev–Trinajstić information content (AvgIpc) is 3.17. The predicted molar refractivity (Wildman–Crippen MR) is 112 cm³/mol. The van der Waals surface area contributed by atoms with Gasteiger partial charge in [0.25, 0.3) is 5.91 Å². The molecule has 3 aromatic heterocycles. The van der Waals surface area contributed by atoms with Crippen LogP contribution in [0.5, 0.6) is 0 Å². The Bertz CT molecular complexity index is 1420. The first kappa shape index (κ1) is 16.4. The molecule has 1 aliphatic heterocycles. The Morgan fingerprint density at radius 2 is 1.55 bits per heavy atom. The summed E-state index contributed by atoms with van der Waals surface area (Å²) < 4.78 is 7.43. The number of imidazole rings is 1. The number of ether oxygens (including phenoxy) is 1. The Labute approximate surface area is 166 Å². The lowest BCUT2D eigenvalue weighted by molar-refractivity contribution is 0.0304. The summed E-state index contributed by atoms with van der Waals surface area (Å²) >= 11 is 0. The first-order chi connectivity index (χ1) is 14.3. The topological polar surface area (TPSA) is 59.7 Å². The van der Waals surface area contributed by atoms with E-state index in [9.17, 15) is 4.79 Å². The van der Waals surface area contributed by atoms with E-state index < -0.39 is 0 Å². The van der Waals surface area contributed by atoms with Crippen LogP contribution in [0.4, 0.5) is 0 Å². The van der Waals surface area contributed by atoms with Crippen LogP contribution >= 0.6 is 0 Å². The fraction of sp³-hybridized carbons (Fsp3) is 0.174. The van der Waals surface area contributed by atoms with E-state index in [0.29, 0.717) is 37.5 Å². The van der Waals surface area contributed by atoms with E-state index in [-0.39, 0.29) is 5.91 Å². The maximum Gasteiger partial charge on any atom is 0.257 e. The van der Waals surface area contributed by atoms with Crippen molar-refractivity contribution >= 4 is 44.5 Å². The van der Waals surface area contributed by atoms with Crippen LogP contribution in [0.3, 0.4) is 0 Å². The zero-order chi connectivity index (χ0) is 19.4. The quantitative estimate of drug-likeness (QED) is 0.415. The normalized spacial score (nSPS) is 15.0. The summed E-state index contributed by atoms with van der Waals surface area (Å²) in [4.78, 5) is 25.0. The molecule has 0 unspecified atom stereocenters. The minimum absolute atomic E-state index is 0.0105. The van der Waals surface area contributed by atoms with Gasteiger partial charge in [0.2, 0.25) is 0 Å². The van der Waals surface area contributed by atoms with Crippen LogP contribution in [-0.2, 0) is 4.74 Å². The molecule has 1 saturated heterocycles. The first-order valence-electron chi connectivity index (χ1n) is 9.76. The SMILES string of the molecule is O=C(c1cc2cc3ccccc3nc2n2c1nc1ccccc12)N1CCOCC1. The molecule has 0 N–H and O–H groups in total. The van der Waals surface area contributed by atoms with Crippen LogP contribution in [-0.4, -0.2) is 51.5 Å². The Morgan fingerprint density at radius 1 is 0.828 bits per heavy atom. The molecule has 0 atom stereocenters. The van der Waals surface area contributed by atoms with Gasteiger partial charge in [0.15, 0.2) is 5.65 Å². The van der Waals surface area contributed by atoms with Crippen molar-refractivity contribution in [3.8, 4) is 0 Å². The second-order valence-electron chi connectivity index (χ2n) is 7.32. The van der Waals surface area contributed by atoms with Crippen molar-refractivity contribution in [2.45, 2.75) is 0 Å². The molecule has 1 amide bonds. The lowest BCUT2D eigenvalue weighted by Crippen LogP contribution is -2.40. The van der Waals surface area contributed by atoms with Gasteiger partial charge in [-0.15, -0.1) is 0 Å². The van der Waals surface area contributed by atoms with E-state index in [1.54, 1.807) is 0 Å². The average molecular weight is 382 g/mol. The summed E-state index contributed by atoms with van der Waals surface area (Å²) in [6, 6.07) is 20.0. The summed E-state index contributed by atoms with van der Waals surface area (Å²) in [5, 5.41) is 1.98. The van der Waals surface area contributed by atoms with Crippen molar-refractivity contribution in [2.24, 2.45) is 0 Å². The lowest BCUT2D eigenvalue weighted by atomic mass is 10.1. The van der Waals surface area contributed by atoms with E-state index in [0.717, 1.165) is 33.0 Å². The van der Waals surface area contributed by atoms with Crippen LogP contribution in [0.25, 0.3) is 38.6 Å². The number of nitrogens with zero attached hydrogens (tertiary/aromatic N) is 4. The maximum atomic E-state index is 13.4. The summed E-state index contributed by atoms with van der Waals surface area (Å²) in [6.07, 6.45) is 0. The molecule has 2 aromatic carbocycles. The summed E-state index contributed by atoms with van der Waals surface area (Å²) in [5.41, 5.74) is 4.79. The highest BCUT2D eigenvalue weighted by Gasteiger charge is 2.24. The van der Waals surface area contributed by atoms with Gasteiger partial charge in [0.05, 0.1) is 35.3 Å². The van der Waals surface area contributed by atoms with Crippen molar-refractivity contribution in [1.82, 2.24) is 19.3 Å². The number of benzene rings is 2. The number of morpholine rings is 1. The summed E-state index contributed by atoms with van der Waals surface area (Å²) in [7, 11) is 0. The van der Waals surface area contributed by atoms with Crippen LogP contribution in [0, 0.1) is 0 Å². The minimum Gasteiger partial charge on any atom is -0.378 e. The molecule has 1 fully saturated rings. The highest BCUT2D eigenvalue weighted by molar-refractivity contribution is 6.06. The number of rotatable bonds is 1. The van der Waals surface area contributed by atoms with Gasteiger partial charge in [0.1, 0.15) is 5.65 Å². The monoisotopic (exact) mass is 382 g/mol.